The third kappa shape index (κ3) is 3.26. The highest BCUT2D eigenvalue weighted by molar-refractivity contribution is 9.10. The van der Waals surface area contributed by atoms with Crippen molar-refractivity contribution in [3.05, 3.63) is 28.5 Å². The molecule has 3 N–H and O–H groups in total. The van der Waals surface area contributed by atoms with E-state index in [0.717, 1.165) is 12.8 Å². The summed E-state index contributed by atoms with van der Waals surface area (Å²) in [5, 5.41) is 2.98. The number of aromatic nitrogens is 1. The minimum atomic E-state index is -0.339. The maximum Gasteiger partial charge on any atom is 0.271 e. The molecule has 0 fully saturated rings. The first-order valence-corrected chi connectivity index (χ1v) is 6.51. The van der Waals surface area contributed by atoms with E-state index >= 15 is 0 Å². The molecule has 1 aromatic heterocycles. The normalized spacial score (nSPS) is 11.3. The van der Waals surface area contributed by atoms with Crippen molar-refractivity contribution >= 4 is 21.8 Å². The number of carbonyl (C=O) groups is 1. The number of nitrogens with one attached hydrogen (secondary N) is 1. The fraction of sp³-hybridized carbons (Fsp3) is 0.500. The molecule has 1 amide bonds. The summed E-state index contributed by atoms with van der Waals surface area (Å²) < 4.78 is 0.690. The first-order chi connectivity index (χ1) is 8.08. The zero-order valence-corrected chi connectivity index (χ0v) is 11.8. The Morgan fingerprint density at radius 2 is 2.18 bits per heavy atom. The van der Waals surface area contributed by atoms with Crippen molar-refractivity contribution in [1.82, 2.24) is 10.3 Å². The lowest BCUT2D eigenvalue weighted by Crippen LogP contribution is -2.53. The highest BCUT2D eigenvalue weighted by Gasteiger charge is 2.27. The van der Waals surface area contributed by atoms with E-state index < -0.39 is 0 Å². The largest absolute Gasteiger partial charge is 0.344 e. The van der Waals surface area contributed by atoms with Crippen molar-refractivity contribution in [3.8, 4) is 0 Å². The number of hydrogen-bond acceptors (Lipinski definition) is 3. The van der Waals surface area contributed by atoms with Gasteiger partial charge in [-0.05, 0) is 40.9 Å². The van der Waals surface area contributed by atoms with Gasteiger partial charge in [0.15, 0.2) is 0 Å². The molecule has 17 heavy (non-hydrogen) atoms. The minimum Gasteiger partial charge on any atom is -0.344 e. The predicted molar refractivity (Wildman–Crippen MR) is 71.8 cm³/mol. The monoisotopic (exact) mass is 299 g/mol. The lowest BCUT2D eigenvalue weighted by molar-refractivity contribution is 0.0889. The number of pyridine rings is 1. The van der Waals surface area contributed by atoms with E-state index in [2.05, 4.69) is 26.2 Å². The first kappa shape index (κ1) is 14.1. The zero-order valence-electron chi connectivity index (χ0n) is 10.2. The van der Waals surface area contributed by atoms with Gasteiger partial charge in [0, 0.05) is 17.2 Å². The molecular weight excluding hydrogens is 282 g/mol. The third-order valence-corrected chi connectivity index (χ3v) is 3.74. The number of nitrogens with two attached hydrogens (primary N) is 1. The lowest BCUT2D eigenvalue weighted by Gasteiger charge is -2.31. The second-order valence-electron chi connectivity index (χ2n) is 3.98. The van der Waals surface area contributed by atoms with Gasteiger partial charge in [-0.15, -0.1) is 0 Å². The summed E-state index contributed by atoms with van der Waals surface area (Å²) in [6, 6.07) is 3.57. The smallest absolute Gasteiger partial charge is 0.271 e. The van der Waals surface area contributed by atoms with Gasteiger partial charge in [0.25, 0.3) is 5.91 Å². The third-order valence-electron chi connectivity index (χ3n) is 3.10. The van der Waals surface area contributed by atoms with Crippen molar-refractivity contribution in [2.75, 3.05) is 6.54 Å². The Balaban J connectivity index is 2.89. The minimum absolute atomic E-state index is 0.188. The molecule has 1 rings (SSSR count). The van der Waals surface area contributed by atoms with Crippen molar-refractivity contribution in [3.63, 3.8) is 0 Å². The Bertz CT molecular complexity index is 383. The van der Waals surface area contributed by atoms with Crippen LogP contribution in [0.5, 0.6) is 0 Å². The highest BCUT2D eigenvalue weighted by atomic mass is 79.9. The van der Waals surface area contributed by atoms with Gasteiger partial charge < -0.3 is 11.1 Å². The van der Waals surface area contributed by atoms with Gasteiger partial charge >= 0.3 is 0 Å². The Morgan fingerprint density at radius 3 is 2.65 bits per heavy atom. The average molecular weight is 300 g/mol. The van der Waals surface area contributed by atoms with E-state index in [0.29, 0.717) is 16.7 Å². The number of halogens is 1. The number of nitrogens with zero attached hydrogens (tertiary/aromatic N) is 1. The summed E-state index contributed by atoms with van der Waals surface area (Å²) in [4.78, 5) is 16.2. The van der Waals surface area contributed by atoms with Crippen LogP contribution in [0, 0.1) is 0 Å². The first-order valence-electron chi connectivity index (χ1n) is 5.71. The Kier molecular flexibility index (Phi) is 5.08. The molecular formula is C12H18BrN3O. The molecule has 0 aliphatic heterocycles. The molecule has 0 saturated heterocycles. The van der Waals surface area contributed by atoms with Crippen molar-refractivity contribution in [2.24, 2.45) is 5.73 Å². The molecule has 0 aliphatic rings. The van der Waals surface area contributed by atoms with Crippen LogP contribution in [-0.2, 0) is 0 Å². The van der Waals surface area contributed by atoms with Crippen LogP contribution < -0.4 is 11.1 Å². The van der Waals surface area contributed by atoms with Gasteiger partial charge in [0.1, 0.15) is 5.69 Å². The maximum absolute atomic E-state index is 12.1. The van der Waals surface area contributed by atoms with E-state index in [1.165, 1.54) is 0 Å². The summed E-state index contributed by atoms with van der Waals surface area (Å²) in [7, 11) is 0. The van der Waals surface area contributed by atoms with Crippen LogP contribution in [0.15, 0.2) is 22.8 Å². The van der Waals surface area contributed by atoms with E-state index in [4.69, 9.17) is 5.73 Å². The summed E-state index contributed by atoms with van der Waals surface area (Å²) in [5.41, 5.74) is 5.80. The molecule has 0 aromatic carbocycles. The topological polar surface area (TPSA) is 68.0 Å². The Morgan fingerprint density at radius 1 is 1.53 bits per heavy atom. The molecule has 0 spiro atoms. The molecule has 0 radical (unpaired) electrons. The van der Waals surface area contributed by atoms with Gasteiger partial charge in [-0.25, -0.2) is 4.98 Å². The Hall–Kier alpha value is -0.940. The van der Waals surface area contributed by atoms with E-state index in [1.807, 2.05) is 13.8 Å². The molecule has 0 saturated carbocycles. The molecule has 0 aliphatic carbocycles. The van der Waals surface area contributed by atoms with Crippen LogP contribution in [0.1, 0.15) is 37.2 Å². The summed E-state index contributed by atoms with van der Waals surface area (Å²) >= 11 is 3.32. The molecule has 0 bridgehead atoms. The van der Waals surface area contributed by atoms with Crippen LogP contribution in [0.3, 0.4) is 0 Å². The fourth-order valence-corrected chi connectivity index (χ4v) is 2.05. The van der Waals surface area contributed by atoms with Crippen LogP contribution in [0.25, 0.3) is 0 Å². The number of amides is 1. The standard InChI is InChI=1S/C12H18BrN3O/c1-3-12(4-2,8-14)16-11(17)10-9(13)6-5-7-15-10/h5-7H,3-4,8,14H2,1-2H3,(H,16,17). The molecule has 0 atom stereocenters. The molecule has 4 nitrogen and oxygen atoms in total. The second kappa shape index (κ2) is 6.12. The van der Waals surface area contributed by atoms with Crippen LogP contribution in [0.4, 0.5) is 0 Å². The summed E-state index contributed by atoms with van der Waals surface area (Å²) in [6.07, 6.45) is 3.20. The average Bonchev–Trinajstić information content (AvgIpc) is 2.36. The van der Waals surface area contributed by atoms with Crippen molar-refractivity contribution < 1.29 is 4.79 Å². The highest BCUT2D eigenvalue weighted by Crippen LogP contribution is 2.17. The molecule has 0 unspecified atom stereocenters. The molecule has 94 valence electrons. The summed E-state index contributed by atoms with van der Waals surface area (Å²) in [6.45, 7) is 4.46. The number of carbonyl (C=O) groups excluding carboxylic acids is 1. The van der Waals surface area contributed by atoms with Gasteiger partial charge in [-0.1, -0.05) is 13.8 Å². The second-order valence-corrected chi connectivity index (χ2v) is 4.83. The van der Waals surface area contributed by atoms with Gasteiger partial charge in [0.05, 0.1) is 5.54 Å². The SMILES string of the molecule is CCC(CC)(CN)NC(=O)c1ncccc1Br. The maximum atomic E-state index is 12.1. The van der Waals surface area contributed by atoms with Gasteiger partial charge in [-0.3, -0.25) is 4.79 Å². The summed E-state index contributed by atoms with van der Waals surface area (Å²) in [5.74, 6) is -0.188. The van der Waals surface area contributed by atoms with Crippen LogP contribution in [0.2, 0.25) is 0 Å². The van der Waals surface area contributed by atoms with E-state index in [9.17, 15) is 4.79 Å². The predicted octanol–water partition coefficient (Wildman–Crippen LogP) is 2.09. The lowest BCUT2D eigenvalue weighted by atomic mass is 9.93. The van der Waals surface area contributed by atoms with Gasteiger partial charge in [-0.2, -0.15) is 0 Å². The zero-order chi connectivity index (χ0) is 12.9. The molecule has 1 aromatic rings. The fourth-order valence-electron chi connectivity index (χ4n) is 1.62. The van der Waals surface area contributed by atoms with Gasteiger partial charge in [0.2, 0.25) is 0 Å². The van der Waals surface area contributed by atoms with Crippen LogP contribution in [-0.4, -0.2) is 23.0 Å². The van der Waals surface area contributed by atoms with E-state index in [1.54, 1.807) is 18.3 Å². The Labute approximate surface area is 110 Å². The van der Waals surface area contributed by atoms with E-state index in [-0.39, 0.29) is 11.4 Å². The number of rotatable bonds is 5. The van der Waals surface area contributed by atoms with Crippen molar-refractivity contribution in [2.45, 2.75) is 32.2 Å². The number of hydrogen-bond donors (Lipinski definition) is 2. The van der Waals surface area contributed by atoms with Crippen LogP contribution >= 0.6 is 15.9 Å². The quantitative estimate of drug-likeness (QED) is 0.875. The van der Waals surface area contributed by atoms with Crippen molar-refractivity contribution in [1.29, 1.82) is 0 Å². The molecule has 5 heteroatoms. The molecule has 1 heterocycles.